The summed E-state index contributed by atoms with van der Waals surface area (Å²) in [4.78, 5) is 10.3. The molecule has 0 atom stereocenters. The van der Waals surface area contributed by atoms with Crippen molar-refractivity contribution in [2.45, 2.75) is 44.9 Å². The predicted molar refractivity (Wildman–Crippen MR) is 82.9 cm³/mol. The van der Waals surface area contributed by atoms with E-state index in [-0.39, 0.29) is 12.3 Å². The molecule has 0 amide bonds. The van der Waals surface area contributed by atoms with Crippen LogP contribution in [0.25, 0.3) is 0 Å². The van der Waals surface area contributed by atoms with Gasteiger partial charge >= 0.3 is 5.97 Å². The summed E-state index contributed by atoms with van der Waals surface area (Å²) >= 11 is 0. The molecule has 0 radical (unpaired) electrons. The second-order valence-electron chi connectivity index (χ2n) is 5.05. The number of hydrogen-bond acceptors (Lipinski definition) is 3. The minimum Gasteiger partial charge on any atom is -0.494 e. The topological polar surface area (TPSA) is 96.4 Å². The molecule has 0 aliphatic rings. The fraction of sp³-hybridized carbons (Fsp3) is 0.500. The first-order valence-corrected chi connectivity index (χ1v) is 7.38. The summed E-state index contributed by atoms with van der Waals surface area (Å²) in [5.41, 5.74) is 6.08. The maximum atomic E-state index is 10.3. The quantitative estimate of drug-likeness (QED) is 0.331. The summed E-state index contributed by atoms with van der Waals surface area (Å²) < 4.78 is 5.61. The Balaban J connectivity index is 2.01. The van der Waals surface area contributed by atoms with Crippen molar-refractivity contribution in [3.63, 3.8) is 0 Å². The Morgan fingerprint density at radius 2 is 1.62 bits per heavy atom. The van der Waals surface area contributed by atoms with Gasteiger partial charge in [0.1, 0.15) is 11.6 Å². The van der Waals surface area contributed by atoms with Gasteiger partial charge in [0.05, 0.1) is 6.61 Å². The number of rotatable bonds is 11. The summed E-state index contributed by atoms with van der Waals surface area (Å²) in [6.45, 7) is 0.675. The van der Waals surface area contributed by atoms with E-state index in [4.69, 9.17) is 21.0 Å². The molecule has 1 aromatic rings. The number of carbonyl (C=O) groups is 1. The first kappa shape index (κ1) is 17.0. The molecule has 1 rings (SSSR count). The van der Waals surface area contributed by atoms with Crippen LogP contribution in [0.3, 0.4) is 0 Å². The SMILES string of the molecule is N=C(N)c1ccc(OCCCCCCCCC(=O)O)cc1. The molecule has 0 aliphatic heterocycles. The number of unbranched alkanes of at least 4 members (excludes halogenated alkanes) is 5. The van der Waals surface area contributed by atoms with E-state index in [1.807, 2.05) is 12.1 Å². The summed E-state index contributed by atoms with van der Waals surface area (Å²) in [6, 6.07) is 7.20. The van der Waals surface area contributed by atoms with Gasteiger partial charge in [0.25, 0.3) is 0 Å². The van der Waals surface area contributed by atoms with E-state index in [0.717, 1.165) is 44.3 Å². The van der Waals surface area contributed by atoms with E-state index in [0.29, 0.717) is 12.2 Å². The Bertz CT molecular complexity index is 443. The van der Waals surface area contributed by atoms with Gasteiger partial charge in [-0.2, -0.15) is 0 Å². The van der Waals surface area contributed by atoms with Gasteiger partial charge in [0, 0.05) is 12.0 Å². The second-order valence-corrected chi connectivity index (χ2v) is 5.05. The first-order valence-electron chi connectivity index (χ1n) is 7.38. The zero-order valence-electron chi connectivity index (χ0n) is 12.3. The lowest BCUT2D eigenvalue weighted by Crippen LogP contribution is -2.10. The van der Waals surface area contributed by atoms with Gasteiger partial charge in [-0.05, 0) is 37.1 Å². The third kappa shape index (κ3) is 7.97. The number of nitrogens with two attached hydrogens (primary N) is 1. The molecule has 21 heavy (non-hydrogen) atoms. The molecule has 0 aliphatic carbocycles. The number of benzene rings is 1. The molecule has 0 bridgehead atoms. The third-order valence-electron chi connectivity index (χ3n) is 3.22. The molecule has 0 fully saturated rings. The Morgan fingerprint density at radius 1 is 1.05 bits per heavy atom. The van der Waals surface area contributed by atoms with Crippen LogP contribution in [0.2, 0.25) is 0 Å². The highest BCUT2D eigenvalue weighted by atomic mass is 16.5. The smallest absolute Gasteiger partial charge is 0.303 e. The van der Waals surface area contributed by atoms with E-state index in [1.165, 1.54) is 0 Å². The van der Waals surface area contributed by atoms with Gasteiger partial charge in [-0.15, -0.1) is 0 Å². The molecule has 5 nitrogen and oxygen atoms in total. The fourth-order valence-corrected chi connectivity index (χ4v) is 2.01. The van der Waals surface area contributed by atoms with E-state index in [1.54, 1.807) is 12.1 Å². The number of carboxylic acid groups (broad SMARTS) is 1. The van der Waals surface area contributed by atoms with E-state index in [9.17, 15) is 4.79 Å². The van der Waals surface area contributed by atoms with Crippen LogP contribution in [0.1, 0.15) is 50.5 Å². The largest absolute Gasteiger partial charge is 0.494 e. The van der Waals surface area contributed by atoms with Crippen molar-refractivity contribution in [3.8, 4) is 5.75 Å². The number of carboxylic acids is 1. The number of amidine groups is 1. The third-order valence-corrected chi connectivity index (χ3v) is 3.22. The predicted octanol–water partition coefficient (Wildman–Crippen LogP) is 3.16. The number of nitrogens with one attached hydrogen (secondary N) is 1. The Labute approximate surface area is 125 Å². The molecular formula is C16H24N2O3. The zero-order valence-corrected chi connectivity index (χ0v) is 12.3. The van der Waals surface area contributed by atoms with E-state index < -0.39 is 5.97 Å². The standard InChI is InChI=1S/C16H24N2O3/c17-16(18)13-8-10-14(11-9-13)21-12-6-4-2-1-3-5-7-15(19)20/h8-11H,1-7,12H2,(H3,17,18)(H,19,20). The van der Waals surface area contributed by atoms with Gasteiger partial charge in [0.2, 0.25) is 0 Å². The van der Waals surface area contributed by atoms with Gasteiger partial charge in [-0.3, -0.25) is 10.2 Å². The van der Waals surface area contributed by atoms with Gasteiger partial charge in [-0.1, -0.05) is 25.7 Å². The Hall–Kier alpha value is -2.04. The first-order chi connectivity index (χ1) is 10.1. The van der Waals surface area contributed by atoms with E-state index >= 15 is 0 Å². The number of nitrogen functional groups attached to an aromatic ring is 1. The maximum Gasteiger partial charge on any atom is 0.303 e. The molecular weight excluding hydrogens is 268 g/mol. The molecule has 5 heteroatoms. The Morgan fingerprint density at radius 3 is 2.19 bits per heavy atom. The van der Waals surface area contributed by atoms with E-state index in [2.05, 4.69) is 0 Å². The number of hydrogen-bond donors (Lipinski definition) is 3. The maximum absolute atomic E-state index is 10.3. The monoisotopic (exact) mass is 292 g/mol. The minimum absolute atomic E-state index is 0.0597. The molecule has 0 aromatic heterocycles. The van der Waals surface area contributed by atoms with Crippen LogP contribution >= 0.6 is 0 Å². The summed E-state index contributed by atoms with van der Waals surface area (Å²) in [5, 5.41) is 15.8. The van der Waals surface area contributed by atoms with Crippen molar-refractivity contribution in [1.29, 1.82) is 5.41 Å². The normalized spacial score (nSPS) is 10.3. The summed E-state index contributed by atoms with van der Waals surface area (Å²) in [5.74, 6) is 0.144. The van der Waals surface area contributed by atoms with Crippen LogP contribution in [0.4, 0.5) is 0 Å². The van der Waals surface area contributed by atoms with Crippen molar-refractivity contribution in [3.05, 3.63) is 29.8 Å². The lowest BCUT2D eigenvalue weighted by Gasteiger charge is -2.07. The van der Waals surface area contributed by atoms with Crippen LogP contribution in [0.5, 0.6) is 5.75 Å². The molecule has 0 saturated carbocycles. The average molecular weight is 292 g/mol. The van der Waals surface area contributed by atoms with Crippen LogP contribution < -0.4 is 10.5 Å². The van der Waals surface area contributed by atoms with Crippen LogP contribution in [-0.2, 0) is 4.79 Å². The van der Waals surface area contributed by atoms with Crippen molar-refractivity contribution in [1.82, 2.24) is 0 Å². The van der Waals surface area contributed by atoms with Crippen molar-refractivity contribution in [2.75, 3.05) is 6.61 Å². The van der Waals surface area contributed by atoms with Gasteiger partial charge in [-0.25, -0.2) is 0 Å². The molecule has 0 saturated heterocycles. The lowest BCUT2D eigenvalue weighted by molar-refractivity contribution is -0.137. The number of aliphatic carboxylic acids is 1. The number of ether oxygens (including phenoxy) is 1. The van der Waals surface area contributed by atoms with Crippen LogP contribution in [0, 0.1) is 5.41 Å². The molecule has 4 N–H and O–H groups in total. The fourth-order valence-electron chi connectivity index (χ4n) is 2.01. The highest BCUT2D eigenvalue weighted by Gasteiger charge is 1.99. The highest BCUT2D eigenvalue weighted by Crippen LogP contribution is 2.13. The highest BCUT2D eigenvalue weighted by molar-refractivity contribution is 5.94. The molecule has 1 aromatic carbocycles. The molecule has 116 valence electrons. The summed E-state index contributed by atoms with van der Waals surface area (Å²) in [7, 11) is 0. The second kappa shape index (κ2) is 9.80. The van der Waals surface area contributed by atoms with Gasteiger partial charge < -0.3 is 15.6 Å². The lowest BCUT2D eigenvalue weighted by atomic mass is 10.1. The average Bonchev–Trinajstić information content (AvgIpc) is 2.45. The summed E-state index contributed by atoms with van der Waals surface area (Å²) in [6.07, 6.45) is 6.33. The minimum atomic E-state index is -0.709. The Kier molecular flexibility index (Phi) is 7.94. The van der Waals surface area contributed by atoms with Crippen molar-refractivity contribution < 1.29 is 14.6 Å². The van der Waals surface area contributed by atoms with Gasteiger partial charge in [0.15, 0.2) is 0 Å². The van der Waals surface area contributed by atoms with Crippen molar-refractivity contribution >= 4 is 11.8 Å². The zero-order chi connectivity index (χ0) is 15.5. The molecule has 0 heterocycles. The molecule has 0 spiro atoms. The van der Waals surface area contributed by atoms with Crippen LogP contribution in [0.15, 0.2) is 24.3 Å². The molecule has 0 unspecified atom stereocenters. The van der Waals surface area contributed by atoms with Crippen molar-refractivity contribution in [2.24, 2.45) is 5.73 Å². The van der Waals surface area contributed by atoms with Crippen LogP contribution in [-0.4, -0.2) is 23.5 Å².